The van der Waals surface area contributed by atoms with Crippen molar-refractivity contribution in [3.8, 4) is 5.75 Å². The smallest absolute Gasteiger partial charge is 0.149 e. The molecule has 0 amide bonds. The average molecular weight is 307 g/mol. The lowest BCUT2D eigenvalue weighted by molar-refractivity contribution is 0.455. The van der Waals surface area contributed by atoms with Crippen LogP contribution < -0.4 is 5.43 Å². The van der Waals surface area contributed by atoms with Gasteiger partial charge in [0.1, 0.15) is 17.2 Å². The van der Waals surface area contributed by atoms with Gasteiger partial charge in [-0.15, -0.1) is 0 Å². The highest BCUT2D eigenvalue weighted by Crippen LogP contribution is 2.32. The van der Waals surface area contributed by atoms with Gasteiger partial charge in [-0.05, 0) is 30.3 Å². The molecule has 0 spiro atoms. The number of hydrogen-bond donors (Lipinski definition) is 2. The minimum Gasteiger partial charge on any atom is -0.508 e. The molecule has 1 aromatic heterocycles. The van der Waals surface area contributed by atoms with Gasteiger partial charge in [0, 0.05) is 16.5 Å². The van der Waals surface area contributed by atoms with Gasteiger partial charge in [0.25, 0.3) is 0 Å². The topological polar surface area (TPSA) is 57.8 Å². The summed E-state index contributed by atoms with van der Waals surface area (Å²) in [5.41, 5.74) is 4.72. The van der Waals surface area contributed by atoms with E-state index in [4.69, 9.17) is 4.42 Å². The molecule has 5 heteroatoms. The third kappa shape index (κ3) is 2.01. The van der Waals surface area contributed by atoms with E-state index in [9.17, 15) is 5.11 Å². The Bertz CT molecular complexity index is 593. The standard InChI is InChI=1S/C13H11BrN2O2/c14-8-3-4-12(17)9(6-8)10-7-11(16-15-10)13-2-1-5-18-13/h1-6,10,15,17H,7H2. The van der Waals surface area contributed by atoms with E-state index in [1.54, 1.807) is 12.3 Å². The Labute approximate surface area is 112 Å². The molecule has 2 heterocycles. The van der Waals surface area contributed by atoms with Crippen molar-refractivity contribution in [3.63, 3.8) is 0 Å². The fourth-order valence-electron chi connectivity index (χ4n) is 2.02. The van der Waals surface area contributed by atoms with E-state index in [0.29, 0.717) is 6.42 Å². The van der Waals surface area contributed by atoms with Gasteiger partial charge in [0.2, 0.25) is 0 Å². The van der Waals surface area contributed by atoms with Gasteiger partial charge in [-0.1, -0.05) is 15.9 Å². The first-order valence-electron chi connectivity index (χ1n) is 5.58. The summed E-state index contributed by atoms with van der Waals surface area (Å²) >= 11 is 3.40. The molecule has 1 aromatic carbocycles. The number of phenolic OH excluding ortho intramolecular Hbond substituents is 1. The Balaban J connectivity index is 1.84. The fourth-order valence-corrected chi connectivity index (χ4v) is 2.40. The Hall–Kier alpha value is -1.75. The van der Waals surface area contributed by atoms with Crippen molar-refractivity contribution in [1.29, 1.82) is 0 Å². The molecule has 92 valence electrons. The maximum Gasteiger partial charge on any atom is 0.149 e. The number of nitrogens with zero attached hydrogens (tertiary/aromatic N) is 1. The van der Waals surface area contributed by atoms with Crippen LogP contribution >= 0.6 is 15.9 Å². The Morgan fingerprint density at radius 3 is 3.06 bits per heavy atom. The first-order chi connectivity index (χ1) is 8.74. The maximum absolute atomic E-state index is 9.88. The SMILES string of the molecule is Oc1ccc(Br)cc1C1CC(c2ccco2)=NN1. The van der Waals surface area contributed by atoms with Crippen LogP contribution in [0.25, 0.3) is 0 Å². The molecule has 0 radical (unpaired) electrons. The van der Waals surface area contributed by atoms with Gasteiger partial charge in [-0.2, -0.15) is 5.10 Å². The van der Waals surface area contributed by atoms with Crippen LogP contribution in [0, 0.1) is 0 Å². The predicted molar refractivity (Wildman–Crippen MR) is 71.5 cm³/mol. The fraction of sp³-hybridized carbons (Fsp3) is 0.154. The van der Waals surface area contributed by atoms with Crippen molar-refractivity contribution in [2.75, 3.05) is 0 Å². The molecule has 1 aliphatic rings. The highest BCUT2D eigenvalue weighted by atomic mass is 79.9. The van der Waals surface area contributed by atoms with Gasteiger partial charge in [-0.25, -0.2) is 0 Å². The number of hydrazone groups is 1. The predicted octanol–water partition coefficient (Wildman–Crippen LogP) is 3.19. The zero-order valence-electron chi connectivity index (χ0n) is 9.43. The molecule has 1 atom stereocenters. The number of nitrogens with one attached hydrogen (secondary N) is 1. The van der Waals surface area contributed by atoms with Crippen LogP contribution in [0.15, 0.2) is 50.6 Å². The number of benzene rings is 1. The Morgan fingerprint density at radius 1 is 1.39 bits per heavy atom. The minimum atomic E-state index is -0.0254. The van der Waals surface area contributed by atoms with Gasteiger partial charge >= 0.3 is 0 Å². The molecule has 2 N–H and O–H groups in total. The summed E-state index contributed by atoms with van der Waals surface area (Å²) in [6.45, 7) is 0. The van der Waals surface area contributed by atoms with Gasteiger partial charge in [-0.3, -0.25) is 0 Å². The number of phenols is 1. The van der Waals surface area contributed by atoms with E-state index in [-0.39, 0.29) is 11.8 Å². The number of rotatable bonds is 2. The molecule has 0 saturated heterocycles. The Kier molecular flexibility index (Phi) is 2.83. The zero-order chi connectivity index (χ0) is 12.5. The van der Waals surface area contributed by atoms with Crippen molar-refractivity contribution < 1.29 is 9.52 Å². The van der Waals surface area contributed by atoms with Crippen LogP contribution in [-0.2, 0) is 0 Å². The highest BCUT2D eigenvalue weighted by Gasteiger charge is 2.24. The summed E-state index contributed by atoms with van der Waals surface area (Å²) in [5, 5.41) is 14.1. The first-order valence-corrected chi connectivity index (χ1v) is 6.38. The number of furan rings is 1. The number of halogens is 1. The van der Waals surface area contributed by atoms with Gasteiger partial charge < -0.3 is 14.9 Å². The second-order valence-electron chi connectivity index (χ2n) is 4.12. The molecule has 0 aliphatic carbocycles. The number of hydrogen-bond acceptors (Lipinski definition) is 4. The molecule has 0 bridgehead atoms. The molecule has 0 saturated carbocycles. The monoisotopic (exact) mass is 306 g/mol. The van der Waals surface area contributed by atoms with Crippen molar-refractivity contribution in [3.05, 3.63) is 52.4 Å². The second kappa shape index (κ2) is 4.49. The average Bonchev–Trinajstić information content (AvgIpc) is 3.00. The van der Waals surface area contributed by atoms with Crippen molar-refractivity contribution in [1.82, 2.24) is 5.43 Å². The van der Waals surface area contributed by atoms with E-state index in [1.165, 1.54) is 0 Å². The van der Waals surface area contributed by atoms with E-state index in [0.717, 1.165) is 21.5 Å². The summed E-state index contributed by atoms with van der Waals surface area (Å²) in [5.74, 6) is 1.03. The maximum atomic E-state index is 9.88. The van der Waals surface area contributed by atoms with Crippen LogP contribution in [0.1, 0.15) is 23.8 Å². The lowest BCUT2D eigenvalue weighted by Gasteiger charge is -2.12. The molecule has 4 nitrogen and oxygen atoms in total. The lowest BCUT2D eigenvalue weighted by Crippen LogP contribution is -2.10. The minimum absolute atomic E-state index is 0.0254. The largest absolute Gasteiger partial charge is 0.508 e. The summed E-state index contributed by atoms with van der Waals surface area (Å²) < 4.78 is 6.25. The molecule has 1 aliphatic heterocycles. The molecule has 2 aromatic rings. The molecule has 1 unspecified atom stereocenters. The molecular formula is C13H11BrN2O2. The lowest BCUT2D eigenvalue weighted by atomic mass is 10.0. The number of aromatic hydroxyl groups is 1. The van der Waals surface area contributed by atoms with Crippen LogP contribution in [0.4, 0.5) is 0 Å². The molecule has 0 fully saturated rings. The normalized spacial score (nSPS) is 18.5. The van der Waals surface area contributed by atoms with Crippen LogP contribution in [-0.4, -0.2) is 10.8 Å². The summed E-state index contributed by atoms with van der Waals surface area (Å²) in [6, 6.07) is 9.06. The third-order valence-electron chi connectivity index (χ3n) is 2.92. The summed E-state index contributed by atoms with van der Waals surface area (Å²) in [4.78, 5) is 0. The van der Waals surface area contributed by atoms with Crippen molar-refractivity contribution in [2.24, 2.45) is 5.10 Å². The van der Waals surface area contributed by atoms with Gasteiger partial charge in [0.05, 0.1) is 12.3 Å². The molecule has 3 rings (SSSR count). The summed E-state index contributed by atoms with van der Waals surface area (Å²) in [6.07, 6.45) is 2.32. The van der Waals surface area contributed by atoms with Crippen LogP contribution in [0.2, 0.25) is 0 Å². The van der Waals surface area contributed by atoms with Crippen LogP contribution in [0.3, 0.4) is 0 Å². The van der Waals surface area contributed by atoms with Crippen LogP contribution in [0.5, 0.6) is 5.75 Å². The van der Waals surface area contributed by atoms with Crippen molar-refractivity contribution >= 4 is 21.6 Å². The highest BCUT2D eigenvalue weighted by molar-refractivity contribution is 9.10. The quantitative estimate of drug-likeness (QED) is 0.896. The summed E-state index contributed by atoms with van der Waals surface area (Å²) in [7, 11) is 0. The Morgan fingerprint density at radius 2 is 2.28 bits per heavy atom. The zero-order valence-corrected chi connectivity index (χ0v) is 11.0. The first kappa shape index (κ1) is 11.3. The van der Waals surface area contributed by atoms with Crippen molar-refractivity contribution in [2.45, 2.75) is 12.5 Å². The van der Waals surface area contributed by atoms with E-state index >= 15 is 0 Å². The van der Waals surface area contributed by atoms with E-state index in [2.05, 4.69) is 26.5 Å². The van der Waals surface area contributed by atoms with Gasteiger partial charge in [0.15, 0.2) is 0 Å². The molecular weight excluding hydrogens is 296 g/mol. The second-order valence-corrected chi connectivity index (χ2v) is 5.04. The van der Waals surface area contributed by atoms with E-state index < -0.39 is 0 Å². The molecule has 18 heavy (non-hydrogen) atoms. The third-order valence-corrected chi connectivity index (χ3v) is 3.42. The van der Waals surface area contributed by atoms with E-state index in [1.807, 2.05) is 24.3 Å².